The first-order valence-corrected chi connectivity index (χ1v) is 8.58. The first-order valence-electron chi connectivity index (χ1n) is 8.58. The minimum Gasteiger partial charge on any atom is -0.350 e. The van der Waals surface area contributed by atoms with Gasteiger partial charge in [-0.3, -0.25) is 20.0 Å². The van der Waals surface area contributed by atoms with E-state index in [1.165, 1.54) is 0 Å². The van der Waals surface area contributed by atoms with Gasteiger partial charge in [0.25, 0.3) is 5.91 Å². The Balaban J connectivity index is 1.54. The van der Waals surface area contributed by atoms with E-state index in [9.17, 15) is 4.79 Å². The summed E-state index contributed by atoms with van der Waals surface area (Å²) in [4.78, 5) is 24.2. The molecule has 1 N–H and O–H groups in total. The molecule has 6 heteroatoms. The summed E-state index contributed by atoms with van der Waals surface area (Å²) in [5, 5.41) is 3.93. The molecule has 128 valence electrons. The molecule has 0 saturated carbocycles. The molecule has 0 radical (unpaired) electrons. The molecule has 6 nitrogen and oxygen atoms in total. The van der Waals surface area contributed by atoms with Gasteiger partial charge in [-0.25, -0.2) is 4.99 Å². The number of rotatable bonds is 1. The second-order valence-electron chi connectivity index (χ2n) is 6.43. The highest BCUT2D eigenvalue weighted by Crippen LogP contribution is 2.28. The van der Waals surface area contributed by atoms with Crippen LogP contribution in [0.3, 0.4) is 0 Å². The van der Waals surface area contributed by atoms with Crippen LogP contribution >= 0.6 is 0 Å². The van der Waals surface area contributed by atoms with Gasteiger partial charge in [0.1, 0.15) is 5.84 Å². The Morgan fingerprint density at radius 1 is 1.12 bits per heavy atom. The fourth-order valence-electron chi connectivity index (χ4n) is 3.61. The van der Waals surface area contributed by atoms with E-state index < -0.39 is 0 Å². The number of aliphatic imine (C=N–C) groups is 2. The van der Waals surface area contributed by atoms with Gasteiger partial charge in [-0.1, -0.05) is 30.3 Å². The van der Waals surface area contributed by atoms with Crippen molar-refractivity contribution in [3.8, 4) is 0 Å². The Morgan fingerprint density at radius 3 is 2.85 bits per heavy atom. The number of amidine groups is 1. The number of hydrogen-bond acceptors (Lipinski definition) is 4. The maximum Gasteiger partial charge on any atom is 0.260 e. The minimum atomic E-state index is -0.161. The highest BCUT2D eigenvalue weighted by atomic mass is 16.1. The standard InChI is InChI=1S/C20H17N5O/c1-24-12-15(13-6-3-5-9-17(13)24)19(26)23-20-22-16-8-4-2-7-14(16)18-21-10-11-25(18)20/h2-9,12H,10-11H2,1H3,(H,22,23,26). The van der Waals surface area contributed by atoms with Crippen molar-refractivity contribution in [2.45, 2.75) is 0 Å². The molecule has 1 aromatic heterocycles. The highest BCUT2D eigenvalue weighted by molar-refractivity contribution is 6.20. The van der Waals surface area contributed by atoms with E-state index >= 15 is 0 Å². The molecule has 0 atom stereocenters. The van der Waals surface area contributed by atoms with Gasteiger partial charge in [-0.15, -0.1) is 0 Å². The SMILES string of the molecule is Cn1cc(C(=O)NC2=Nc3ccccc3C3=NCCN23)c2ccccc21. The summed E-state index contributed by atoms with van der Waals surface area (Å²) in [6.45, 7) is 1.42. The molecule has 26 heavy (non-hydrogen) atoms. The van der Waals surface area contributed by atoms with E-state index in [-0.39, 0.29) is 5.91 Å². The van der Waals surface area contributed by atoms with E-state index in [2.05, 4.69) is 15.3 Å². The van der Waals surface area contributed by atoms with Crippen LogP contribution in [-0.2, 0) is 7.05 Å². The van der Waals surface area contributed by atoms with Gasteiger partial charge in [-0.2, -0.15) is 0 Å². The van der Waals surface area contributed by atoms with E-state index in [0.29, 0.717) is 18.1 Å². The van der Waals surface area contributed by atoms with Crippen LogP contribution in [0.4, 0.5) is 5.69 Å². The first kappa shape index (κ1) is 14.9. The Morgan fingerprint density at radius 2 is 1.92 bits per heavy atom. The summed E-state index contributed by atoms with van der Waals surface area (Å²) in [7, 11) is 1.94. The largest absolute Gasteiger partial charge is 0.350 e. The molecule has 2 aliphatic rings. The number of aromatic nitrogens is 1. The summed E-state index contributed by atoms with van der Waals surface area (Å²) in [5.41, 5.74) is 3.50. The molecule has 2 aromatic carbocycles. The molecule has 0 fully saturated rings. The zero-order valence-corrected chi connectivity index (χ0v) is 14.3. The summed E-state index contributed by atoms with van der Waals surface area (Å²) < 4.78 is 1.96. The molecule has 0 saturated heterocycles. The van der Waals surface area contributed by atoms with Gasteiger partial charge in [0, 0.05) is 36.3 Å². The number of carbonyl (C=O) groups is 1. The lowest BCUT2D eigenvalue weighted by Crippen LogP contribution is -2.47. The van der Waals surface area contributed by atoms with Gasteiger partial charge in [0.05, 0.1) is 17.8 Å². The molecular weight excluding hydrogens is 326 g/mol. The third-order valence-corrected chi connectivity index (χ3v) is 4.83. The highest BCUT2D eigenvalue weighted by Gasteiger charge is 2.30. The predicted molar refractivity (Wildman–Crippen MR) is 102 cm³/mol. The molecule has 0 unspecified atom stereocenters. The van der Waals surface area contributed by atoms with Crippen molar-refractivity contribution in [3.63, 3.8) is 0 Å². The summed E-state index contributed by atoms with van der Waals surface area (Å²) in [6, 6.07) is 15.8. The first-order chi connectivity index (χ1) is 12.7. The number of amides is 1. The fourth-order valence-corrected chi connectivity index (χ4v) is 3.61. The number of nitrogens with zero attached hydrogens (tertiary/aromatic N) is 4. The molecular formula is C20H17N5O. The topological polar surface area (TPSA) is 62.0 Å². The Labute approximate surface area is 150 Å². The van der Waals surface area contributed by atoms with Crippen molar-refractivity contribution < 1.29 is 4.79 Å². The van der Waals surface area contributed by atoms with Gasteiger partial charge >= 0.3 is 0 Å². The number of carbonyl (C=O) groups excluding carboxylic acids is 1. The third kappa shape index (κ3) is 2.15. The average molecular weight is 343 g/mol. The minimum absolute atomic E-state index is 0.161. The fraction of sp³-hybridized carbons (Fsp3) is 0.150. The zero-order chi connectivity index (χ0) is 17.7. The summed E-state index contributed by atoms with van der Waals surface area (Å²) in [6.07, 6.45) is 1.86. The smallest absolute Gasteiger partial charge is 0.260 e. The molecule has 3 aromatic rings. The van der Waals surface area contributed by atoms with Crippen LogP contribution < -0.4 is 5.32 Å². The lowest BCUT2D eigenvalue weighted by molar-refractivity contribution is 0.0975. The maximum absolute atomic E-state index is 13.0. The second-order valence-corrected chi connectivity index (χ2v) is 6.43. The second kappa shape index (κ2) is 5.56. The van der Waals surface area contributed by atoms with Gasteiger partial charge < -0.3 is 4.57 Å². The predicted octanol–water partition coefficient (Wildman–Crippen LogP) is 2.67. The quantitative estimate of drug-likeness (QED) is 0.738. The third-order valence-electron chi connectivity index (χ3n) is 4.83. The van der Waals surface area contributed by atoms with E-state index in [4.69, 9.17) is 0 Å². The number of para-hydroxylation sites is 2. The van der Waals surface area contributed by atoms with Crippen LogP contribution in [0, 0.1) is 0 Å². The molecule has 0 bridgehead atoms. The number of benzene rings is 2. The normalized spacial score (nSPS) is 15.3. The number of aryl methyl sites for hydroxylation is 1. The summed E-state index contributed by atoms with van der Waals surface area (Å²) in [5.74, 6) is 1.26. The zero-order valence-electron chi connectivity index (χ0n) is 14.3. The van der Waals surface area contributed by atoms with Crippen molar-refractivity contribution in [1.29, 1.82) is 0 Å². The van der Waals surface area contributed by atoms with Crippen molar-refractivity contribution >= 4 is 34.3 Å². The van der Waals surface area contributed by atoms with Crippen LogP contribution in [0.1, 0.15) is 15.9 Å². The lowest BCUT2D eigenvalue weighted by atomic mass is 10.1. The molecule has 0 spiro atoms. The van der Waals surface area contributed by atoms with Crippen LogP contribution in [0.25, 0.3) is 10.9 Å². The van der Waals surface area contributed by atoms with Crippen LogP contribution in [-0.4, -0.2) is 40.3 Å². The Kier molecular flexibility index (Phi) is 3.18. The van der Waals surface area contributed by atoms with Crippen molar-refractivity contribution in [2.24, 2.45) is 17.0 Å². The molecule has 2 aliphatic heterocycles. The number of guanidine groups is 1. The van der Waals surface area contributed by atoms with Crippen LogP contribution in [0.15, 0.2) is 64.7 Å². The molecule has 5 rings (SSSR count). The lowest BCUT2D eigenvalue weighted by Gasteiger charge is -2.27. The van der Waals surface area contributed by atoms with Crippen LogP contribution in [0.5, 0.6) is 0 Å². The van der Waals surface area contributed by atoms with Crippen molar-refractivity contribution in [3.05, 3.63) is 65.9 Å². The van der Waals surface area contributed by atoms with Crippen LogP contribution in [0.2, 0.25) is 0 Å². The van der Waals surface area contributed by atoms with Gasteiger partial charge in [-0.05, 0) is 18.2 Å². The molecule has 0 aliphatic carbocycles. The van der Waals surface area contributed by atoms with Crippen molar-refractivity contribution in [1.82, 2.24) is 14.8 Å². The van der Waals surface area contributed by atoms with Gasteiger partial charge in [0.2, 0.25) is 5.96 Å². The summed E-state index contributed by atoms with van der Waals surface area (Å²) >= 11 is 0. The Hall–Kier alpha value is -3.41. The molecule has 1 amide bonds. The monoisotopic (exact) mass is 343 g/mol. The average Bonchev–Trinajstić information content (AvgIpc) is 3.28. The number of hydrogen-bond donors (Lipinski definition) is 1. The number of nitrogens with one attached hydrogen (secondary N) is 1. The number of fused-ring (bicyclic) bond motifs is 4. The van der Waals surface area contributed by atoms with E-state index in [0.717, 1.165) is 34.5 Å². The van der Waals surface area contributed by atoms with E-state index in [1.54, 1.807) is 0 Å². The Bertz CT molecular complexity index is 1110. The van der Waals surface area contributed by atoms with Crippen molar-refractivity contribution in [2.75, 3.05) is 13.1 Å². The molecule has 3 heterocycles. The maximum atomic E-state index is 13.0. The van der Waals surface area contributed by atoms with Gasteiger partial charge in [0.15, 0.2) is 0 Å². The van der Waals surface area contributed by atoms with E-state index in [1.807, 2.05) is 71.2 Å².